The number of aromatic nitrogens is 1. The van der Waals surface area contributed by atoms with Gasteiger partial charge in [-0.25, -0.2) is 4.98 Å². The van der Waals surface area contributed by atoms with E-state index in [2.05, 4.69) is 0 Å². The lowest BCUT2D eigenvalue weighted by Gasteiger charge is -2.13. The van der Waals surface area contributed by atoms with Gasteiger partial charge in [0, 0.05) is 22.0 Å². The Bertz CT molecular complexity index is 1210. The van der Waals surface area contributed by atoms with Crippen molar-refractivity contribution in [2.75, 3.05) is 5.73 Å². The molecule has 3 aromatic carbocycles. The van der Waals surface area contributed by atoms with E-state index in [1.807, 2.05) is 78.9 Å². The van der Waals surface area contributed by atoms with Gasteiger partial charge in [-0.05, 0) is 42.3 Å². The smallest absolute Gasteiger partial charge is 0.179 e. The van der Waals surface area contributed by atoms with Crippen LogP contribution in [-0.2, 0) is 0 Å². The summed E-state index contributed by atoms with van der Waals surface area (Å²) >= 11 is 0. The van der Waals surface area contributed by atoms with Crippen LogP contribution in [0.5, 0.6) is 0 Å². The van der Waals surface area contributed by atoms with Gasteiger partial charge in [0.2, 0.25) is 0 Å². The predicted molar refractivity (Wildman–Crippen MR) is 117 cm³/mol. The summed E-state index contributed by atoms with van der Waals surface area (Å²) in [5.74, 6) is -0.0928. The standard InChI is InChI=1S/C24H21N3O/c1-15(25)24(28)20-6-4-8-22-23(20)19(18-5-2-3-7-21(18)27-22)14-11-16-9-12-17(26)13-10-16/h2-15H,25-26H2,1H3/t15-/m0/s1. The van der Waals surface area contributed by atoms with Crippen LogP contribution in [0.3, 0.4) is 0 Å². The van der Waals surface area contributed by atoms with Crippen LogP contribution >= 0.6 is 0 Å². The third-order valence-corrected chi connectivity index (χ3v) is 4.80. The summed E-state index contributed by atoms with van der Waals surface area (Å²) in [5.41, 5.74) is 16.7. The molecule has 0 radical (unpaired) electrons. The number of pyridine rings is 1. The molecule has 0 bridgehead atoms. The maximum absolute atomic E-state index is 12.8. The van der Waals surface area contributed by atoms with E-state index in [0.717, 1.165) is 38.6 Å². The maximum Gasteiger partial charge on any atom is 0.179 e. The molecule has 0 saturated carbocycles. The second kappa shape index (κ2) is 7.25. The van der Waals surface area contributed by atoms with Gasteiger partial charge in [-0.3, -0.25) is 4.79 Å². The van der Waals surface area contributed by atoms with Crippen molar-refractivity contribution in [3.05, 3.63) is 83.4 Å². The number of Topliss-reactive ketones (excluding diaryl/α,β-unsaturated/α-hetero) is 1. The van der Waals surface area contributed by atoms with Crippen LogP contribution in [0, 0.1) is 0 Å². The molecule has 28 heavy (non-hydrogen) atoms. The van der Waals surface area contributed by atoms with Gasteiger partial charge in [0.05, 0.1) is 17.1 Å². The zero-order valence-corrected chi connectivity index (χ0v) is 15.6. The van der Waals surface area contributed by atoms with Gasteiger partial charge in [-0.1, -0.05) is 54.6 Å². The number of fused-ring (bicyclic) bond motifs is 2. The number of nitrogen functional groups attached to an aromatic ring is 1. The Morgan fingerprint density at radius 2 is 1.64 bits per heavy atom. The van der Waals surface area contributed by atoms with Gasteiger partial charge in [0.25, 0.3) is 0 Å². The van der Waals surface area contributed by atoms with Gasteiger partial charge in [0.1, 0.15) is 0 Å². The molecule has 4 nitrogen and oxygen atoms in total. The third-order valence-electron chi connectivity index (χ3n) is 4.80. The lowest BCUT2D eigenvalue weighted by atomic mass is 9.94. The summed E-state index contributed by atoms with van der Waals surface area (Å²) in [5, 5.41) is 1.82. The number of carbonyl (C=O) groups is 1. The van der Waals surface area contributed by atoms with Crippen molar-refractivity contribution < 1.29 is 4.79 Å². The highest BCUT2D eigenvalue weighted by Gasteiger charge is 2.18. The number of ketones is 1. The molecule has 0 unspecified atom stereocenters. The van der Waals surface area contributed by atoms with Gasteiger partial charge >= 0.3 is 0 Å². The normalized spacial score (nSPS) is 12.6. The second-order valence-corrected chi connectivity index (χ2v) is 6.90. The van der Waals surface area contributed by atoms with Crippen LogP contribution in [0.1, 0.15) is 28.4 Å². The molecule has 4 heteroatoms. The molecular formula is C24H21N3O. The summed E-state index contributed by atoms with van der Waals surface area (Å²) in [6, 6.07) is 20.6. The Morgan fingerprint density at radius 1 is 0.929 bits per heavy atom. The van der Waals surface area contributed by atoms with Gasteiger partial charge in [-0.15, -0.1) is 0 Å². The number of hydrogen-bond acceptors (Lipinski definition) is 4. The number of para-hydroxylation sites is 1. The highest BCUT2D eigenvalue weighted by Crippen LogP contribution is 2.31. The first-order valence-corrected chi connectivity index (χ1v) is 9.19. The fourth-order valence-corrected chi connectivity index (χ4v) is 3.39. The summed E-state index contributed by atoms with van der Waals surface area (Å²) in [6.45, 7) is 1.71. The van der Waals surface area contributed by atoms with Gasteiger partial charge in [-0.2, -0.15) is 0 Å². The van der Waals surface area contributed by atoms with Crippen LogP contribution in [0.2, 0.25) is 0 Å². The maximum atomic E-state index is 12.8. The number of carbonyl (C=O) groups excluding carboxylic acids is 1. The molecule has 4 N–H and O–H groups in total. The van der Waals surface area contributed by atoms with Gasteiger partial charge < -0.3 is 11.5 Å². The van der Waals surface area contributed by atoms with E-state index in [4.69, 9.17) is 16.5 Å². The van der Waals surface area contributed by atoms with E-state index in [0.29, 0.717) is 5.56 Å². The number of nitrogens with zero attached hydrogens (tertiary/aromatic N) is 1. The first kappa shape index (κ1) is 17.9. The summed E-state index contributed by atoms with van der Waals surface area (Å²) in [4.78, 5) is 17.5. The Labute approximate surface area is 163 Å². The van der Waals surface area contributed by atoms with Crippen molar-refractivity contribution in [2.45, 2.75) is 13.0 Å². The molecule has 1 heterocycles. The lowest BCUT2D eigenvalue weighted by Crippen LogP contribution is -2.26. The van der Waals surface area contributed by atoms with E-state index in [-0.39, 0.29) is 5.78 Å². The quantitative estimate of drug-likeness (QED) is 0.312. The molecule has 138 valence electrons. The zero-order valence-electron chi connectivity index (χ0n) is 15.6. The Kier molecular flexibility index (Phi) is 4.63. The van der Waals surface area contributed by atoms with E-state index >= 15 is 0 Å². The molecule has 0 aliphatic rings. The molecule has 4 rings (SSSR count). The molecule has 0 spiro atoms. The van der Waals surface area contributed by atoms with E-state index < -0.39 is 6.04 Å². The Hall–Kier alpha value is -3.50. The van der Waals surface area contributed by atoms with Crippen LogP contribution in [0.4, 0.5) is 5.69 Å². The molecule has 0 aliphatic heterocycles. The minimum Gasteiger partial charge on any atom is -0.399 e. The summed E-state index contributed by atoms with van der Waals surface area (Å²) in [6.07, 6.45) is 4.06. The second-order valence-electron chi connectivity index (χ2n) is 6.90. The number of anilines is 1. The highest BCUT2D eigenvalue weighted by molar-refractivity contribution is 6.15. The largest absolute Gasteiger partial charge is 0.399 e. The number of nitrogens with two attached hydrogens (primary N) is 2. The lowest BCUT2D eigenvalue weighted by molar-refractivity contribution is 0.0969. The number of benzene rings is 3. The average molecular weight is 367 g/mol. The topological polar surface area (TPSA) is 82.0 Å². The minimum absolute atomic E-state index is 0.0928. The molecule has 0 amide bonds. The fraction of sp³-hybridized carbons (Fsp3) is 0.0833. The van der Waals surface area contributed by atoms with Crippen molar-refractivity contribution >= 4 is 45.4 Å². The van der Waals surface area contributed by atoms with Crippen molar-refractivity contribution in [3.8, 4) is 0 Å². The van der Waals surface area contributed by atoms with Crippen molar-refractivity contribution in [1.29, 1.82) is 0 Å². The molecule has 1 atom stereocenters. The number of hydrogen-bond donors (Lipinski definition) is 2. The number of rotatable bonds is 4. The van der Waals surface area contributed by atoms with Crippen LogP contribution < -0.4 is 11.5 Å². The molecule has 0 aliphatic carbocycles. The molecular weight excluding hydrogens is 346 g/mol. The summed E-state index contributed by atoms with van der Waals surface area (Å²) < 4.78 is 0. The highest BCUT2D eigenvalue weighted by atomic mass is 16.1. The first-order valence-electron chi connectivity index (χ1n) is 9.19. The van der Waals surface area contributed by atoms with Gasteiger partial charge in [0.15, 0.2) is 5.78 Å². The van der Waals surface area contributed by atoms with Crippen molar-refractivity contribution in [1.82, 2.24) is 4.98 Å². The van der Waals surface area contributed by atoms with Crippen molar-refractivity contribution in [3.63, 3.8) is 0 Å². The average Bonchev–Trinajstić information content (AvgIpc) is 2.71. The van der Waals surface area contributed by atoms with Crippen LogP contribution in [0.25, 0.3) is 34.0 Å². The van der Waals surface area contributed by atoms with Crippen LogP contribution in [0.15, 0.2) is 66.7 Å². The first-order chi connectivity index (χ1) is 13.5. The molecule has 0 fully saturated rings. The molecule has 0 saturated heterocycles. The monoisotopic (exact) mass is 367 g/mol. The predicted octanol–water partition coefficient (Wildman–Crippen LogP) is 4.67. The minimum atomic E-state index is -0.578. The van der Waals surface area contributed by atoms with Crippen LogP contribution in [-0.4, -0.2) is 16.8 Å². The Balaban J connectivity index is 2.02. The van der Waals surface area contributed by atoms with E-state index in [9.17, 15) is 4.79 Å². The summed E-state index contributed by atoms with van der Waals surface area (Å²) in [7, 11) is 0. The van der Waals surface area contributed by atoms with E-state index in [1.165, 1.54) is 0 Å². The SMILES string of the molecule is C[C@H](N)C(=O)c1cccc2nc3ccccc3c(C=Cc3ccc(N)cc3)c12. The molecule has 1 aromatic heterocycles. The molecule has 4 aromatic rings. The third kappa shape index (κ3) is 3.26. The Morgan fingerprint density at radius 3 is 2.39 bits per heavy atom. The van der Waals surface area contributed by atoms with Crippen molar-refractivity contribution in [2.24, 2.45) is 5.73 Å². The van der Waals surface area contributed by atoms with E-state index in [1.54, 1.807) is 6.92 Å². The zero-order chi connectivity index (χ0) is 19.7. The fourth-order valence-electron chi connectivity index (χ4n) is 3.39.